The lowest BCUT2D eigenvalue weighted by Crippen LogP contribution is -2.45. The van der Waals surface area contributed by atoms with Gasteiger partial charge in [0.2, 0.25) is 11.8 Å². The number of halogens is 3. The Labute approximate surface area is 152 Å². The summed E-state index contributed by atoms with van der Waals surface area (Å²) in [5, 5.41) is 2.04. The molecule has 4 nitrogen and oxygen atoms in total. The van der Waals surface area contributed by atoms with Gasteiger partial charge >= 0.3 is 6.18 Å². The molecule has 0 unspecified atom stereocenters. The van der Waals surface area contributed by atoms with Crippen LogP contribution in [0.4, 0.5) is 24.5 Å². The average molecular weight is 380 g/mol. The van der Waals surface area contributed by atoms with Gasteiger partial charge in [0.1, 0.15) is 6.54 Å². The Morgan fingerprint density at radius 3 is 2.65 bits per heavy atom. The highest BCUT2D eigenvalue weighted by atomic mass is 32.2. The number of hydrogen-bond acceptors (Lipinski definition) is 3. The second-order valence-corrected chi connectivity index (χ2v) is 7.19. The number of rotatable bonds is 3. The van der Waals surface area contributed by atoms with Crippen LogP contribution >= 0.6 is 11.8 Å². The zero-order valence-corrected chi connectivity index (χ0v) is 14.5. The number of amides is 2. The summed E-state index contributed by atoms with van der Waals surface area (Å²) < 4.78 is 38.5. The van der Waals surface area contributed by atoms with E-state index in [0.29, 0.717) is 16.3 Å². The average Bonchev–Trinajstić information content (AvgIpc) is 2.59. The van der Waals surface area contributed by atoms with Gasteiger partial charge in [-0.1, -0.05) is 18.2 Å². The van der Waals surface area contributed by atoms with Crippen molar-refractivity contribution >= 4 is 35.0 Å². The fourth-order valence-corrected chi connectivity index (χ4v) is 3.64. The molecule has 1 atom stereocenters. The molecule has 1 aliphatic rings. The Morgan fingerprint density at radius 2 is 1.92 bits per heavy atom. The SMILES string of the molecule is C[C@H](Sc1cccc(C(F)(F)F)c1)C(=O)N1CC(=O)Nc2ccccc21. The molecule has 0 saturated carbocycles. The number of carbonyl (C=O) groups excluding carboxylic acids is 2. The first kappa shape index (κ1) is 18.3. The topological polar surface area (TPSA) is 49.4 Å². The van der Waals surface area contributed by atoms with Gasteiger partial charge in [0.25, 0.3) is 0 Å². The van der Waals surface area contributed by atoms with Gasteiger partial charge in [0, 0.05) is 4.90 Å². The standard InChI is InChI=1S/C18H15F3N2O2S/c1-11(26-13-6-4-5-12(9-13)18(19,20)21)17(25)23-10-16(24)22-14-7-2-3-8-15(14)23/h2-9,11H,10H2,1H3,(H,22,24)/t11-/m0/s1. The van der Waals surface area contributed by atoms with Crippen molar-refractivity contribution in [3.05, 3.63) is 54.1 Å². The third kappa shape index (κ3) is 3.85. The number of anilines is 2. The minimum absolute atomic E-state index is 0.122. The first-order valence-electron chi connectivity index (χ1n) is 7.80. The van der Waals surface area contributed by atoms with Crippen LogP contribution in [0.5, 0.6) is 0 Å². The molecule has 2 aromatic rings. The van der Waals surface area contributed by atoms with Gasteiger partial charge < -0.3 is 5.32 Å². The van der Waals surface area contributed by atoms with Gasteiger partial charge in [0.05, 0.1) is 22.2 Å². The van der Waals surface area contributed by atoms with Crippen molar-refractivity contribution in [2.75, 3.05) is 16.8 Å². The Kier molecular flexibility index (Phi) is 4.95. The summed E-state index contributed by atoms with van der Waals surface area (Å²) in [6, 6.07) is 11.8. The number of benzene rings is 2. The summed E-state index contributed by atoms with van der Waals surface area (Å²) in [5.74, 6) is -0.650. The van der Waals surface area contributed by atoms with Gasteiger partial charge in [0.15, 0.2) is 0 Å². The van der Waals surface area contributed by atoms with E-state index in [9.17, 15) is 22.8 Å². The molecule has 0 aliphatic carbocycles. The lowest BCUT2D eigenvalue weighted by atomic mass is 10.2. The number of carbonyl (C=O) groups is 2. The Balaban J connectivity index is 1.80. The Bertz CT molecular complexity index is 854. The zero-order valence-electron chi connectivity index (χ0n) is 13.7. The van der Waals surface area contributed by atoms with E-state index >= 15 is 0 Å². The number of para-hydroxylation sites is 2. The number of fused-ring (bicyclic) bond motifs is 1. The van der Waals surface area contributed by atoms with E-state index in [1.807, 2.05) is 0 Å². The maximum Gasteiger partial charge on any atom is 0.416 e. The van der Waals surface area contributed by atoms with Crippen molar-refractivity contribution in [1.29, 1.82) is 0 Å². The van der Waals surface area contributed by atoms with E-state index in [1.54, 1.807) is 31.2 Å². The smallest absolute Gasteiger partial charge is 0.323 e. The molecule has 2 amide bonds. The minimum atomic E-state index is -4.44. The van der Waals surface area contributed by atoms with Crippen molar-refractivity contribution < 1.29 is 22.8 Å². The van der Waals surface area contributed by atoms with E-state index in [2.05, 4.69) is 5.32 Å². The lowest BCUT2D eigenvalue weighted by molar-refractivity contribution is -0.137. The molecule has 2 aromatic carbocycles. The summed E-state index contributed by atoms with van der Waals surface area (Å²) in [7, 11) is 0. The van der Waals surface area contributed by atoms with Gasteiger partial charge in [-0.3, -0.25) is 14.5 Å². The molecule has 8 heteroatoms. The summed E-state index contributed by atoms with van der Waals surface area (Å²) in [4.78, 5) is 26.3. The molecule has 0 spiro atoms. The normalized spacial score (nSPS) is 15.2. The molecule has 1 heterocycles. The van der Waals surface area contributed by atoms with E-state index in [0.717, 1.165) is 23.9 Å². The predicted molar refractivity (Wildman–Crippen MR) is 94.2 cm³/mol. The monoisotopic (exact) mass is 380 g/mol. The van der Waals surface area contributed by atoms with Crippen LogP contribution in [0, 0.1) is 0 Å². The van der Waals surface area contributed by atoms with Crippen LogP contribution in [0.3, 0.4) is 0 Å². The summed E-state index contributed by atoms with van der Waals surface area (Å²) in [5.41, 5.74) is 0.354. The van der Waals surface area contributed by atoms with Crippen LogP contribution < -0.4 is 10.2 Å². The van der Waals surface area contributed by atoms with Gasteiger partial charge in [-0.15, -0.1) is 11.8 Å². The van der Waals surface area contributed by atoms with Crippen LogP contribution in [0.15, 0.2) is 53.4 Å². The second-order valence-electron chi connectivity index (χ2n) is 5.78. The van der Waals surface area contributed by atoms with Gasteiger partial charge in [-0.25, -0.2) is 0 Å². The maximum atomic E-state index is 12.8. The summed E-state index contributed by atoms with van der Waals surface area (Å²) in [6.07, 6.45) is -4.44. The first-order chi connectivity index (χ1) is 12.3. The minimum Gasteiger partial charge on any atom is -0.323 e. The van der Waals surface area contributed by atoms with Gasteiger partial charge in [-0.2, -0.15) is 13.2 Å². The molecule has 0 fully saturated rings. The Morgan fingerprint density at radius 1 is 1.19 bits per heavy atom. The molecule has 26 heavy (non-hydrogen) atoms. The van der Waals surface area contributed by atoms with Crippen LogP contribution in [-0.4, -0.2) is 23.6 Å². The highest BCUT2D eigenvalue weighted by Crippen LogP contribution is 2.35. The second kappa shape index (κ2) is 7.03. The number of hydrogen-bond donors (Lipinski definition) is 1. The fraction of sp³-hybridized carbons (Fsp3) is 0.222. The maximum absolute atomic E-state index is 12.8. The highest BCUT2D eigenvalue weighted by molar-refractivity contribution is 8.00. The molecule has 0 saturated heterocycles. The van der Waals surface area contributed by atoms with Crippen LogP contribution in [0.2, 0.25) is 0 Å². The van der Waals surface area contributed by atoms with E-state index < -0.39 is 17.0 Å². The van der Waals surface area contributed by atoms with Crippen molar-refractivity contribution in [1.82, 2.24) is 0 Å². The van der Waals surface area contributed by atoms with Crippen LogP contribution in [0.25, 0.3) is 0 Å². The van der Waals surface area contributed by atoms with E-state index in [4.69, 9.17) is 0 Å². The fourth-order valence-electron chi connectivity index (χ4n) is 2.65. The zero-order chi connectivity index (χ0) is 18.9. The molecule has 0 bridgehead atoms. The third-order valence-electron chi connectivity index (χ3n) is 3.86. The highest BCUT2D eigenvalue weighted by Gasteiger charge is 2.32. The largest absolute Gasteiger partial charge is 0.416 e. The molecular formula is C18H15F3N2O2S. The van der Waals surface area contributed by atoms with Crippen LogP contribution in [0.1, 0.15) is 12.5 Å². The predicted octanol–water partition coefficient (Wildman–Crippen LogP) is 4.17. The first-order valence-corrected chi connectivity index (χ1v) is 8.68. The van der Waals surface area contributed by atoms with Crippen molar-refractivity contribution in [2.24, 2.45) is 0 Å². The van der Waals surface area contributed by atoms with Crippen molar-refractivity contribution in [3.63, 3.8) is 0 Å². The summed E-state index contributed by atoms with van der Waals surface area (Å²) >= 11 is 1.03. The quantitative estimate of drug-likeness (QED) is 0.813. The lowest BCUT2D eigenvalue weighted by Gasteiger charge is -2.30. The van der Waals surface area contributed by atoms with E-state index in [1.165, 1.54) is 17.0 Å². The van der Waals surface area contributed by atoms with Gasteiger partial charge in [-0.05, 0) is 37.3 Å². The molecule has 136 valence electrons. The number of alkyl halides is 3. The number of thioether (sulfide) groups is 1. The summed E-state index contributed by atoms with van der Waals surface area (Å²) in [6.45, 7) is 1.49. The third-order valence-corrected chi connectivity index (χ3v) is 4.94. The molecular weight excluding hydrogens is 365 g/mol. The van der Waals surface area contributed by atoms with Crippen LogP contribution in [-0.2, 0) is 15.8 Å². The molecule has 1 aliphatic heterocycles. The molecule has 1 N–H and O–H groups in total. The molecule has 3 rings (SSSR count). The van der Waals surface area contributed by atoms with Crippen molar-refractivity contribution in [2.45, 2.75) is 23.2 Å². The molecule has 0 aromatic heterocycles. The Hall–Kier alpha value is -2.48. The van der Waals surface area contributed by atoms with E-state index in [-0.39, 0.29) is 18.4 Å². The molecule has 0 radical (unpaired) electrons. The number of nitrogens with zero attached hydrogens (tertiary/aromatic N) is 1. The van der Waals surface area contributed by atoms with Crippen molar-refractivity contribution in [3.8, 4) is 0 Å². The number of nitrogens with one attached hydrogen (secondary N) is 1.